The molecule has 6 heteroatoms. The topological polar surface area (TPSA) is 54.0 Å². The summed E-state index contributed by atoms with van der Waals surface area (Å²) in [6, 6.07) is 4.06. The molecule has 1 amide bonds. The van der Waals surface area contributed by atoms with Crippen LogP contribution in [0, 0.1) is 11.8 Å². The fourth-order valence-corrected chi connectivity index (χ4v) is 3.15. The molecule has 0 aliphatic carbocycles. The zero-order chi connectivity index (χ0) is 15.8. The van der Waals surface area contributed by atoms with Crippen molar-refractivity contribution < 1.29 is 4.79 Å². The molecule has 2 heterocycles. The zero-order valence-corrected chi connectivity index (χ0v) is 16.3. The number of hydrogen-bond donors (Lipinski definition) is 2. The highest BCUT2D eigenvalue weighted by Gasteiger charge is 2.18. The summed E-state index contributed by atoms with van der Waals surface area (Å²) in [6.45, 7) is 7.29. The van der Waals surface area contributed by atoms with Crippen molar-refractivity contribution in [2.45, 2.75) is 45.4 Å². The monoisotopic (exact) mass is 375 g/mol. The van der Waals surface area contributed by atoms with Crippen molar-refractivity contribution in [1.29, 1.82) is 0 Å². The van der Waals surface area contributed by atoms with Gasteiger partial charge in [-0.3, -0.25) is 9.78 Å². The number of halogens is 2. The van der Waals surface area contributed by atoms with Crippen LogP contribution >= 0.6 is 24.8 Å². The van der Waals surface area contributed by atoms with Crippen molar-refractivity contribution >= 4 is 30.7 Å². The van der Waals surface area contributed by atoms with E-state index in [0.717, 1.165) is 19.5 Å². The number of nitrogens with one attached hydrogen (secondary N) is 2. The Morgan fingerprint density at radius 1 is 1.33 bits per heavy atom. The maximum absolute atomic E-state index is 12.1. The van der Waals surface area contributed by atoms with Crippen LogP contribution in [0.5, 0.6) is 0 Å². The molecule has 1 atom stereocenters. The number of carbonyl (C=O) groups excluding carboxylic acids is 1. The van der Waals surface area contributed by atoms with Gasteiger partial charge >= 0.3 is 0 Å². The minimum absolute atomic E-state index is 0. The van der Waals surface area contributed by atoms with Gasteiger partial charge in [0.2, 0.25) is 5.91 Å². The summed E-state index contributed by atoms with van der Waals surface area (Å²) in [5.41, 5.74) is 1.20. The Morgan fingerprint density at radius 3 is 2.62 bits per heavy atom. The Morgan fingerprint density at radius 2 is 2.04 bits per heavy atom. The Labute approximate surface area is 158 Å². The molecule has 1 fully saturated rings. The molecule has 1 unspecified atom stereocenters. The summed E-state index contributed by atoms with van der Waals surface area (Å²) in [5, 5.41) is 6.49. The molecule has 0 bridgehead atoms. The lowest BCUT2D eigenvalue weighted by atomic mass is 9.89. The van der Waals surface area contributed by atoms with Crippen LogP contribution in [-0.2, 0) is 4.79 Å². The van der Waals surface area contributed by atoms with Crippen LogP contribution in [0.4, 0.5) is 0 Å². The van der Waals surface area contributed by atoms with Crippen LogP contribution in [0.3, 0.4) is 0 Å². The fraction of sp³-hybridized carbons (Fsp3) is 0.667. The molecule has 2 rings (SSSR count). The van der Waals surface area contributed by atoms with E-state index in [1.165, 1.54) is 18.4 Å². The second-order valence-electron chi connectivity index (χ2n) is 6.67. The van der Waals surface area contributed by atoms with Gasteiger partial charge < -0.3 is 10.6 Å². The van der Waals surface area contributed by atoms with E-state index in [1.54, 1.807) is 6.20 Å². The summed E-state index contributed by atoms with van der Waals surface area (Å²) in [4.78, 5) is 16.3. The maximum atomic E-state index is 12.1. The van der Waals surface area contributed by atoms with Crippen molar-refractivity contribution in [1.82, 2.24) is 15.6 Å². The first-order valence-corrected chi connectivity index (χ1v) is 8.54. The number of piperidine rings is 1. The number of pyridine rings is 1. The van der Waals surface area contributed by atoms with Gasteiger partial charge in [0.1, 0.15) is 0 Å². The van der Waals surface area contributed by atoms with Crippen molar-refractivity contribution in [3.05, 3.63) is 30.1 Å². The number of nitrogens with zero attached hydrogens (tertiary/aromatic N) is 1. The molecule has 24 heavy (non-hydrogen) atoms. The molecule has 138 valence electrons. The van der Waals surface area contributed by atoms with Gasteiger partial charge in [-0.2, -0.15) is 0 Å². The maximum Gasteiger partial charge on any atom is 0.220 e. The standard InChI is InChI=1S/C18H29N3O.2ClH/c1-14(2)17(16-4-3-9-20-12-16)13-21-18(22)6-5-15-7-10-19-11-8-15;;/h3-4,9,12,14-15,17,19H,5-8,10-11,13H2,1-2H3,(H,21,22);2*1H. The third-order valence-corrected chi connectivity index (χ3v) is 4.67. The largest absolute Gasteiger partial charge is 0.355 e. The Kier molecular flexibility index (Phi) is 12.1. The van der Waals surface area contributed by atoms with Crippen LogP contribution in [0.25, 0.3) is 0 Å². The normalized spacial score (nSPS) is 16.0. The number of carbonyl (C=O) groups is 1. The van der Waals surface area contributed by atoms with Gasteiger partial charge in [0.15, 0.2) is 0 Å². The van der Waals surface area contributed by atoms with E-state index in [9.17, 15) is 4.79 Å². The van der Waals surface area contributed by atoms with Gasteiger partial charge in [-0.15, -0.1) is 24.8 Å². The predicted molar refractivity (Wildman–Crippen MR) is 104 cm³/mol. The molecule has 1 aliphatic rings. The third kappa shape index (κ3) is 7.82. The molecule has 1 aliphatic heterocycles. The van der Waals surface area contributed by atoms with E-state index in [4.69, 9.17) is 0 Å². The van der Waals surface area contributed by atoms with Crippen molar-refractivity contribution in [2.75, 3.05) is 19.6 Å². The first-order valence-electron chi connectivity index (χ1n) is 8.54. The summed E-state index contributed by atoms with van der Waals surface area (Å²) in [5.74, 6) is 1.71. The number of hydrogen-bond acceptors (Lipinski definition) is 3. The van der Waals surface area contributed by atoms with E-state index < -0.39 is 0 Å². The molecule has 4 nitrogen and oxygen atoms in total. The second kappa shape index (κ2) is 12.5. The first kappa shape index (κ1) is 23.2. The highest BCUT2D eigenvalue weighted by molar-refractivity contribution is 5.85. The molecule has 1 aromatic rings. The van der Waals surface area contributed by atoms with Gasteiger partial charge in [0.05, 0.1) is 0 Å². The molecule has 0 radical (unpaired) electrons. The van der Waals surface area contributed by atoms with Gasteiger partial charge in [-0.05, 0) is 55.8 Å². The van der Waals surface area contributed by atoms with Crippen LogP contribution in [0.2, 0.25) is 0 Å². The molecule has 0 spiro atoms. The minimum atomic E-state index is 0. The second-order valence-corrected chi connectivity index (χ2v) is 6.67. The Balaban J connectivity index is 0.00000264. The highest BCUT2D eigenvalue weighted by Crippen LogP contribution is 2.23. The van der Waals surface area contributed by atoms with E-state index in [0.29, 0.717) is 30.7 Å². The molecule has 0 aromatic carbocycles. The Hall–Kier alpha value is -0.840. The fourth-order valence-electron chi connectivity index (χ4n) is 3.15. The van der Waals surface area contributed by atoms with E-state index in [1.807, 2.05) is 12.3 Å². The Bertz CT molecular complexity index is 451. The van der Waals surface area contributed by atoms with Crippen LogP contribution < -0.4 is 10.6 Å². The lowest BCUT2D eigenvalue weighted by Crippen LogP contribution is -2.32. The van der Waals surface area contributed by atoms with Crippen LogP contribution in [0.15, 0.2) is 24.5 Å². The minimum Gasteiger partial charge on any atom is -0.355 e. The average molecular weight is 376 g/mol. The van der Waals surface area contributed by atoms with Crippen LogP contribution in [0.1, 0.15) is 51.0 Å². The first-order chi connectivity index (χ1) is 10.7. The molecular formula is C18H31Cl2N3O. The van der Waals surface area contributed by atoms with E-state index >= 15 is 0 Å². The summed E-state index contributed by atoms with van der Waals surface area (Å²) in [6.07, 6.45) is 7.79. The zero-order valence-electron chi connectivity index (χ0n) is 14.7. The van der Waals surface area contributed by atoms with Crippen molar-refractivity contribution in [3.8, 4) is 0 Å². The van der Waals surface area contributed by atoms with Crippen LogP contribution in [-0.4, -0.2) is 30.5 Å². The third-order valence-electron chi connectivity index (χ3n) is 4.67. The SMILES string of the molecule is CC(C)C(CNC(=O)CCC1CCNCC1)c1cccnc1.Cl.Cl. The molecule has 0 saturated carbocycles. The van der Waals surface area contributed by atoms with E-state index in [-0.39, 0.29) is 30.7 Å². The predicted octanol–water partition coefficient (Wildman–Crippen LogP) is 3.56. The van der Waals surface area contributed by atoms with Gasteiger partial charge in [-0.1, -0.05) is 19.9 Å². The summed E-state index contributed by atoms with van der Waals surface area (Å²) in [7, 11) is 0. The van der Waals surface area contributed by atoms with Crippen molar-refractivity contribution in [3.63, 3.8) is 0 Å². The quantitative estimate of drug-likeness (QED) is 0.765. The van der Waals surface area contributed by atoms with Crippen molar-refractivity contribution in [2.24, 2.45) is 11.8 Å². The number of aromatic nitrogens is 1. The lowest BCUT2D eigenvalue weighted by Gasteiger charge is -2.23. The lowest BCUT2D eigenvalue weighted by molar-refractivity contribution is -0.121. The molecular weight excluding hydrogens is 345 g/mol. The average Bonchev–Trinajstić information content (AvgIpc) is 2.55. The van der Waals surface area contributed by atoms with Gasteiger partial charge in [0.25, 0.3) is 0 Å². The van der Waals surface area contributed by atoms with Gasteiger partial charge in [0, 0.05) is 31.3 Å². The number of rotatable bonds is 7. The molecule has 1 saturated heterocycles. The molecule has 2 N–H and O–H groups in total. The smallest absolute Gasteiger partial charge is 0.220 e. The van der Waals surface area contributed by atoms with E-state index in [2.05, 4.69) is 35.5 Å². The highest BCUT2D eigenvalue weighted by atomic mass is 35.5. The summed E-state index contributed by atoms with van der Waals surface area (Å²) >= 11 is 0. The molecule has 1 aromatic heterocycles. The number of amides is 1. The summed E-state index contributed by atoms with van der Waals surface area (Å²) < 4.78 is 0. The van der Waals surface area contributed by atoms with Gasteiger partial charge in [-0.25, -0.2) is 0 Å².